The third kappa shape index (κ3) is 3.58. The Balaban J connectivity index is 2.14. The Morgan fingerprint density at radius 1 is 1.05 bits per heavy atom. The molecular formula is C20H34O2. The van der Waals surface area contributed by atoms with E-state index in [9.17, 15) is 9.90 Å². The summed E-state index contributed by atoms with van der Waals surface area (Å²) in [6.45, 7) is 8.61. The fourth-order valence-electron chi connectivity index (χ4n) is 4.47. The molecule has 0 spiro atoms. The molecule has 0 radical (unpaired) electrons. The number of hydrogen-bond donors (Lipinski definition) is 1. The normalized spacial score (nSPS) is 26.4. The van der Waals surface area contributed by atoms with Crippen LogP contribution in [0.3, 0.4) is 0 Å². The van der Waals surface area contributed by atoms with Gasteiger partial charge in [-0.2, -0.15) is 0 Å². The minimum Gasteiger partial charge on any atom is -0.511 e. The molecule has 0 aliphatic heterocycles. The van der Waals surface area contributed by atoms with Gasteiger partial charge in [-0.15, -0.1) is 0 Å². The maximum Gasteiger partial charge on any atom is 0.165 e. The van der Waals surface area contributed by atoms with Gasteiger partial charge < -0.3 is 5.11 Å². The first-order valence-corrected chi connectivity index (χ1v) is 9.26. The number of carbonyl (C=O) groups excluding carboxylic acids is 1. The maximum absolute atomic E-state index is 12.8. The van der Waals surface area contributed by atoms with Crippen molar-refractivity contribution in [1.29, 1.82) is 0 Å². The van der Waals surface area contributed by atoms with Crippen LogP contribution >= 0.6 is 0 Å². The van der Waals surface area contributed by atoms with Crippen LogP contribution in [0.1, 0.15) is 91.9 Å². The summed E-state index contributed by atoms with van der Waals surface area (Å²) >= 11 is 0. The third-order valence-corrected chi connectivity index (χ3v) is 6.42. The van der Waals surface area contributed by atoms with E-state index >= 15 is 0 Å². The third-order valence-electron chi connectivity index (χ3n) is 6.42. The van der Waals surface area contributed by atoms with Crippen molar-refractivity contribution in [2.75, 3.05) is 0 Å². The molecule has 126 valence electrons. The van der Waals surface area contributed by atoms with E-state index in [-0.39, 0.29) is 17.1 Å². The van der Waals surface area contributed by atoms with Gasteiger partial charge >= 0.3 is 0 Å². The molecule has 0 unspecified atom stereocenters. The van der Waals surface area contributed by atoms with Crippen LogP contribution in [0.25, 0.3) is 0 Å². The molecule has 0 amide bonds. The SMILES string of the molecule is CCC1(C(O)=C(C)C(=O)C2CCC(C)(C)CC2)CCCCC1. The number of ketones is 1. The van der Waals surface area contributed by atoms with Gasteiger partial charge in [0, 0.05) is 16.9 Å². The monoisotopic (exact) mass is 306 g/mol. The quantitative estimate of drug-likeness (QED) is 0.513. The zero-order valence-corrected chi connectivity index (χ0v) is 15.0. The first-order chi connectivity index (χ1) is 10.3. The highest BCUT2D eigenvalue weighted by Crippen LogP contribution is 2.46. The van der Waals surface area contributed by atoms with Gasteiger partial charge in [0.25, 0.3) is 0 Å². The van der Waals surface area contributed by atoms with E-state index < -0.39 is 0 Å². The van der Waals surface area contributed by atoms with Crippen LogP contribution in [0.5, 0.6) is 0 Å². The number of Topliss-reactive ketones (excluding diaryl/α,β-unsaturated/α-hetero) is 1. The molecule has 1 N–H and O–H groups in total. The second-order valence-electron chi connectivity index (χ2n) is 8.47. The topological polar surface area (TPSA) is 37.3 Å². The molecule has 2 aliphatic rings. The Morgan fingerprint density at radius 3 is 2.09 bits per heavy atom. The molecule has 2 saturated carbocycles. The molecule has 0 aromatic carbocycles. The molecule has 2 nitrogen and oxygen atoms in total. The number of allylic oxidation sites excluding steroid dienone is 2. The highest BCUT2D eigenvalue weighted by Gasteiger charge is 2.38. The van der Waals surface area contributed by atoms with Crippen molar-refractivity contribution in [3.05, 3.63) is 11.3 Å². The Morgan fingerprint density at radius 2 is 1.59 bits per heavy atom. The predicted octanol–water partition coefficient (Wildman–Crippen LogP) is 5.96. The van der Waals surface area contributed by atoms with Crippen LogP contribution in [0, 0.1) is 16.7 Å². The summed E-state index contributed by atoms with van der Waals surface area (Å²) < 4.78 is 0. The largest absolute Gasteiger partial charge is 0.511 e. The van der Waals surface area contributed by atoms with Gasteiger partial charge in [-0.3, -0.25) is 4.79 Å². The summed E-state index contributed by atoms with van der Waals surface area (Å²) in [6, 6.07) is 0. The lowest BCUT2D eigenvalue weighted by atomic mass is 9.68. The minimum atomic E-state index is -0.119. The minimum absolute atomic E-state index is 0.119. The second kappa shape index (κ2) is 6.76. The molecule has 0 aromatic heterocycles. The van der Waals surface area contributed by atoms with Crippen LogP contribution in [0.15, 0.2) is 11.3 Å². The molecule has 2 fully saturated rings. The Hall–Kier alpha value is -0.790. The van der Waals surface area contributed by atoms with Crippen molar-refractivity contribution in [2.24, 2.45) is 16.7 Å². The molecule has 2 aliphatic carbocycles. The van der Waals surface area contributed by atoms with Gasteiger partial charge in [-0.05, 0) is 57.3 Å². The van der Waals surface area contributed by atoms with Crippen LogP contribution in [0.2, 0.25) is 0 Å². The van der Waals surface area contributed by atoms with Gasteiger partial charge in [0.05, 0.1) is 0 Å². The van der Waals surface area contributed by atoms with E-state index in [4.69, 9.17) is 0 Å². The number of carbonyl (C=O) groups is 1. The van der Waals surface area contributed by atoms with Crippen LogP contribution in [-0.4, -0.2) is 10.9 Å². The number of hydrogen-bond acceptors (Lipinski definition) is 2. The zero-order valence-electron chi connectivity index (χ0n) is 15.0. The first kappa shape index (κ1) is 17.6. The van der Waals surface area contributed by atoms with Crippen LogP contribution < -0.4 is 0 Å². The van der Waals surface area contributed by atoms with Crippen LogP contribution in [-0.2, 0) is 4.79 Å². The van der Waals surface area contributed by atoms with Gasteiger partial charge in [-0.1, -0.05) is 40.0 Å². The van der Waals surface area contributed by atoms with Crippen molar-refractivity contribution >= 4 is 5.78 Å². The van der Waals surface area contributed by atoms with Gasteiger partial charge in [0.1, 0.15) is 5.76 Å². The second-order valence-corrected chi connectivity index (χ2v) is 8.47. The zero-order chi connectivity index (χ0) is 16.4. The van der Waals surface area contributed by atoms with E-state index in [1.165, 1.54) is 19.3 Å². The van der Waals surface area contributed by atoms with E-state index in [1.54, 1.807) is 0 Å². The molecular weight excluding hydrogens is 272 g/mol. The molecule has 2 rings (SSSR count). The molecule has 22 heavy (non-hydrogen) atoms. The highest BCUT2D eigenvalue weighted by atomic mass is 16.3. The molecule has 0 heterocycles. The van der Waals surface area contributed by atoms with Crippen molar-refractivity contribution in [1.82, 2.24) is 0 Å². The smallest absolute Gasteiger partial charge is 0.165 e. The molecule has 0 aromatic rings. The summed E-state index contributed by atoms with van der Waals surface area (Å²) in [5.74, 6) is 0.767. The average molecular weight is 306 g/mol. The van der Waals surface area contributed by atoms with Gasteiger partial charge in [0.2, 0.25) is 0 Å². The number of aliphatic hydroxyl groups is 1. The number of rotatable bonds is 4. The maximum atomic E-state index is 12.8. The Labute approximate surface area is 136 Å². The fourth-order valence-corrected chi connectivity index (χ4v) is 4.47. The molecule has 0 atom stereocenters. The lowest BCUT2D eigenvalue weighted by molar-refractivity contribution is -0.121. The van der Waals surface area contributed by atoms with Crippen molar-refractivity contribution in [3.8, 4) is 0 Å². The lowest BCUT2D eigenvalue weighted by Gasteiger charge is -2.38. The van der Waals surface area contributed by atoms with Crippen molar-refractivity contribution in [3.63, 3.8) is 0 Å². The predicted molar refractivity (Wildman–Crippen MR) is 91.9 cm³/mol. The molecule has 0 bridgehead atoms. The summed E-state index contributed by atoms with van der Waals surface area (Å²) in [5.41, 5.74) is 0.921. The first-order valence-electron chi connectivity index (χ1n) is 9.26. The average Bonchev–Trinajstić information content (AvgIpc) is 2.53. The number of aliphatic hydroxyl groups excluding tert-OH is 1. The van der Waals surface area contributed by atoms with E-state index in [1.807, 2.05) is 6.92 Å². The standard InChI is InChI=1S/C20H34O2/c1-5-20(11-7-6-8-12-20)18(22)15(2)17(21)16-9-13-19(3,4)14-10-16/h16,22H,5-14H2,1-4H3. The summed E-state index contributed by atoms with van der Waals surface area (Å²) in [4.78, 5) is 12.8. The van der Waals surface area contributed by atoms with Gasteiger partial charge in [0.15, 0.2) is 5.78 Å². The van der Waals surface area contributed by atoms with Crippen molar-refractivity contribution < 1.29 is 9.90 Å². The van der Waals surface area contributed by atoms with Gasteiger partial charge in [-0.25, -0.2) is 0 Å². The summed E-state index contributed by atoms with van der Waals surface area (Å²) in [5, 5.41) is 10.9. The summed E-state index contributed by atoms with van der Waals surface area (Å²) in [7, 11) is 0. The molecule has 0 saturated heterocycles. The molecule has 2 heteroatoms. The van der Waals surface area contributed by atoms with E-state index in [2.05, 4.69) is 20.8 Å². The summed E-state index contributed by atoms with van der Waals surface area (Å²) in [6.07, 6.45) is 10.8. The van der Waals surface area contributed by atoms with E-state index in [0.29, 0.717) is 16.7 Å². The Kier molecular flexibility index (Phi) is 5.40. The van der Waals surface area contributed by atoms with Crippen LogP contribution in [0.4, 0.5) is 0 Å². The van der Waals surface area contributed by atoms with Crippen molar-refractivity contribution in [2.45, 2.75) is 91.9 Å². The lowest BCUT2D eigenvalue weighted by Crippen LogP contribution is -2.31. The van der Waals surface area contributed by atoms with E-state index in [0.717, 1.165) is 44.9 Å². The fraction of sp³-hybridized carbons (Fsp3) is 0.850. The highest BCUT2D eigenvalue weighted by molar-refractivity contribution is 5.97. The Bertz CT molecular complexity index is 429.